The number of fused-ring (bicyclic) bond motifs is 1. The van der Waals surface area contributed by atoms with Crippen LogP contribution in [0.2, 0.25) is 0 Å². The fourth-order valence-corrected chi connectivity index (χ4v) is 6.57. The number of thiazole rings is 1. The molecule has 0 saturated carbocycles. The highest BCUT2D eigenvalue weighted by Gasteiger charge is 2.38. The van der Waals surface area contributed by atoms with Crippen LogP contribution in [-0.4, -0.2) is 24.3 Å². The van der Waals surface area contributed by atoms with Crippen molar-refractivity contribution in [3.05, 3.63) is 58.6 Å². The van der Waals surface area contributed by atoms with E-state index in [2.05, 4.69) is 0 Å². The Morgan fingerprint density at radius 3 is 2.76 bits per heavy atom. The smallest absolute Gasteiger partial charge is 0.239 e. The maximum absolute atomic E-state index is 13.3. The van der Waals surface area contributed by atoms with Gasteiger partial charge in [0, 0.05) is 6.54 Å². The van der Waals surface area contributed by atoms with Gasteiger partial charge in [0.15, 0.2) is 0 Å². The lowest BCUT2D eigenvalue weighted by Gasteiger charge is -2.23. The Morgan fingerprint density at radius 1 is 1.16 bits per heavy atom. The van der Waals surface area contributed by atoms with Crippen molar-refractivity contribution in [2.24, 2.45) is 0 Å². The van der Waals surface area contributed by atoms with E-state index in [0.29, 0.717) is 11.4 Å². The lowest BCUT2D eigenvalue weighted by molar-refractivity contribution is 0.396. The molecule has 0 amide bonds. The monoisotopic (exact) mass is 372 g/mol. The molecule has 2 heterocycles. The summed E-state index contributed by atoms with van der Waals surface area (Å²) >= 11 is 1.60. The first-order chi connectivity index (χ1) is 12.0. The first-order valence-electron chi connectivity index (χ1n) is 8.41. The highest BCUT2D eigenvalue weighted by atomic mass is 32.2. The van der Waals surface area contributed by atoms with E-state index in [1.54, 1.807) is 21.7 Å². The van der Waals surface area contributed by atoms with Crippen LogP contribution in [0, 0.1) is 13.8 Å². The van der Waals surface area contributed by atoms with Crippen molar-refractivity contribution >= 4 is 31.6 Å². The maximum Gasteiger partial charge on any atom is 0.243 e. The van der Waals surface area contributed by atoms with Gasteiger partial charge in [0.25, 0.3) is 0 Å². The molecular formula is C19H20N2O2S2. The molecule has 4 rings (SSSR count). The van der Waals surface area contributed by atoms with Crippen LogP contribution >= 0.6 is 11.3 Å². The molecule has 6 heteroatoms. The summed E-state index contributed by atoms with van der Waals surface area (Å²) in [5, 5.41) is 0.896. The molecule has 1 aliphatic heterocycles. The van der Waals surface area contributed by atoms with Crippen LogP contribution in [0.1, 0.15) is 35.0 Å². The van der Waals surface area contributed by atoms with Crippen LogP contribution in [-0.2, 0) is 10.0 Å². The number of sulfonamides is 1. The number of para-hydroxylation sites is 1. The van der Waals surface area contributed by atoms with Crippen LogP contribution in [0.3, 0.4) is 0 Å². The predicted octanol–water partition coefficient (Wildman–Crippen LogP) is 4.44. The molecule has 1 fully saturated rings. The van der Waals surface area contributed by atoms with Gasteiger partial charge in [0.05, 0.1) is 21.2 Å². The van der Waals surface area contributed by atoms with Gasteiger partial charge < -0.3 is 0 Å². The molecule has 0 unspecified atom stereocenters. The molecule has 0 bridgehead atoms. The number of benzene rings is 2. The molecule has 1 aliphatic rings. The molecule has 130 valence electrons. The molecule has 25 heavy (non-hydrogen) atoms. The first kappa shape index (κ1) is 16.7. The van der Waals surface area contributed by atoms with E-state index in [9.17, 15) is 8.42 Å². The van der Waals surface area contributed by atoms with Gasteiger partial charge in [-0.3, -0.25) is 0 Å². The second kappa shape index (κ2) is 6.20. The molecular weight excluding hydrogens is 352 g/mol. The average Bonchev–Trinajstić information content (AvgIpc) is 3.23. The Bertz CT molecular complexity index is 1010. The number of hydrogen-bond donors (Lipinski definition) is 0. The molecule has 1 saturated heterocycles. The molecule has 3 aromatic rings. The first-order valence-corrected chi connectivity index (χ1v) is 10.7. The van der Waals surface area contributed by atoms with Crippen LogP contribution in [0.5, 0.6) is 0 Å². The normalized spacial score (nSPS) is 18.9. The van der Waals surface area contributed by atoms with Crippen LogP contribution in [0.25, 0.3) is 10.2 Å². The quantitative estimate of drug-likeness (QED) is 0.683. The van der Waals surface area contributed by atoms with Gasteiger partial charge in [-0.05, 0) is 56.0 Å². The molecule has 0 N–H and O–H groups in total. The number of aryl methyl sites for hydroxylation is 2. The zero-order chi connectivity index (χ0) is 17.6. The van der Waals surface area contributed by atoms with E-state index in [1.807, 2.05) is 50.2 Å². The van der Waals surface area contributed by atoms with Crippen LogP contribution < -0.4 is 0 Å². The average molecular weight is 373 g/mol. The lowest BCUT2D eigenvalue weighted by Crippen LogP contribution is -2.31. The third-order valence-electron chi connectivity index (χ3n) is 4.73. The van der Waals surface area contributed by atoms with Crippen LogP contribution in [0.15, 0.2) is 47.4 Å². The van der Waals surface area contributed by atoms with E-state index < -0.39 is 10.0 Å². The molecule has 1 aromatic heterocycles. The highest BCUT2D eigenvalue weighted by Crippen LogP contribution is 2.40. The fourth-order valence-electron chi connectivity index (χ4n) is 3.42. The lowest BCUT2D eigenvalue weighted by atomic mass is 10.2. The number of aromatic nitrogens is 1. The van der Waals surface area contributed by atoms with E-state index in [0.717, 1.165) is 39.2 Å². The topological polar surface area (TPSA) is 50.3 Å². The minimum absolute atomic E-state index is 0.165. The van der Waals surface area contributed by atoms with Gasteiger partial charge in [-0.15, -0.1) is 11.3 Å². The summed E-state index contributed by atoms with van der Waals surface area (Å²) in [6, 6.07) is 13.4. The zero-order valence-electron chi connectivity index (χ0n) is 14.3. The summed E-state index contributed by atoms with van der Waals surface area (Å²) in [4.78, 5) is 5.12. The Hall–Kier alpha value is -1.76. The van der Waals surface area contributed by atoms with Gasteiger partial charge in [0.2, 0.25) is 10.0 Å². The SMILES string of the molecule is Cc1ccc(C)c(S(=O)(=O)N2CCC[C@@H]2c2nc3ccccc3s2)c1. The summed E-state index contributed by atoms with van der Waals surface area (Å²) in [5.41, 5.74) is 2.69. The standard InChI is InChI=1S/C19H20N2O2S2/c1-13-9-10-14(2)18(12-13)25(22,23)21-11-5-7-16(21)19-20-15-6-3-4-8-17(15)24-19/h3-4,6,8-10,12,16H,5,7,11H2,1-2H3/t16-/m1/s1. The fraction of sp³-hybridized carbons (Fsp3) is 0.316. The Morgan fingerprint density at radius 2 is 1.96 bits per heavy atom. The van der Waals surface area contributed by atoms with Crippen molar-refractivity contribution in [1.82, 2.24) is 9.29 Å². The van der Waals surface area contributed by atoms with Crippen molar-refractivity contribution < 1.29 is 8.42 Å². The third-order valence-corrected chi connectivity index (χ3v) is 7.92. The summed E-state index contributed by atoms with van der Waals surface area (Å²) in [6.07, 6.45) is 1.69. The Balaban J connectivity index is 1.77. The van der Waals surface area contributed by atoms with Gasteiger partial charge in [-0.1, -0.05) is 24.3 Å². The van der Waals surface area contributed by atoms with Crippen molar-refractivity contribution in [1.29, 1.82) is 0 Å². The van der Waals surface area contributed by atoms with Crippen molar-refractivity contribution in [2.75, 3.05) is 6.54 Å². The maximum atomic E-state index is 13.3. The summed E-state index contributed by atoms with van der Waals surface area (Å²) in [6.45, 7) is 4.33. The number of hydrogen-bond acceptors (Lipinski definition) is 4. The summed E-state index contributed by atoms with van der Waals surface area (Å²) in [7, 11) is -3.53. The minimum atomic E-state index is -3.53. The second-order valence-corrected chi connectivity index (χ2v) is 9.48. The molecule has 1 atom stereocenters. The van der Waals surface area contributed by atoms with E-state index in [-0.39, 0.29) is 6.04 Å². The highest BCUT2D eigenvalue weighted by molar-refractivity contribution is 7.89. The van der Waals surface area contributed by atoms with Gasteiger partial charge >= 0.3 is 0 Å². The van der Waals surface area contributed by atoms with Crippen LogP contribution in [0.4, 0.5) is 0 Å². The molecule has 0 radical (unpaired) electrons. The van der Waals surface area contributed by atoms with E-state index in [1.165, 1.54) is 0 Å². The summed E-state index contributed by atoms with van der Waals surface area (Å²) < 4.78 is 29.4. The minimum Gasteiger partial charge on any atom is -0.239 e. The van der Waals surface area contributed by atoms with Gasteiger partial charge in [0.1, 0.15) is 5.01 Å². The van der Waals surface area contributed by atoms with Crippen molar-refractivity contribution in [2.45, 2.75) is 37.6 Å². The molecule has 0 aliphatic carbocycles. The van der Waals surface area contributed by atoms with Crippen molar-refractivity contribution in [3.8, 4) is 0 Å². The Kier molecular flexibility index (Phi) is 4.14. The van der Waals surface area contributed by atoms with E-state index in [4.69, 9.17) is 4.98 Å². The van der Waals surface area contributed by atoms with Gasteiger partial charge in [-0.25, -0.2) is 13.4 Å². The second-order valence-electron chi connectivity index (χ2n) is 6.56. The van der Waals surface area contributed by atoms with Crippen molar-refractivity contribution in [3.63, 3.8) is 0 Å². The number of rotatable bonds is 3. The summed E-state index contributed by atoms with van der Waals surface area (Å²) in [5.74, 6) is 0. The predicted molar refractivity (Wildman–Crippen MR) is 101 cm³/mol. The van der Waals surface area contributed by atoms with E-state index >= 15 is 0 Å². The number of nitrogens with zero attached hydrogens (tertiary/aromatic N) is 2. The zero-order valence-corrected chi connectivity index (χ0v) is 15.9. The largest absolute Gasteiger partial charge is 0.243 e. The third kappa shape index (κ3) is 2.88. The molecule has 0 spiro atoms. The molecule has 2 aromatic carbocycles. The van der Waals surface area contributed by atoms with Gasteiger partial charge in [-0.2, -0.15) is 4.31 Å². The Labute approximate surface area is 152 Å². The molecule has 4 nitrogen and oxygen atoms in total.